The van der Waals surface area contributed by atoms with Gasteiger partial charge in [0.15, 0.2) is 0 Å². The van der Waals surface area contributed by atoms with Crippen LogP contribution in [0.25, 0.3) is 0 Å². The van der Waals surface area contributed by atoms with Crippen molar-refractivity contribution in [3.8, 4) is 0 Å². The minimum absolute atomic E-state index is 0.0636. The number of thioether (sulfide) groups is 1. The van der Waals surface area contributed by atoms with Gasteiger partial charge in [0.1, 0.15) is 12.6 Å². The van der Waals surface area contributed by atoms with E-state index < -0.39 is 22.9 Å². The number of alkyl carbamates (subject to hydrolysis) is 1. The molecule has 1 atom stereocenters. The van der Waals surface area contributed by atoms with E-state index in [9.17, 15) is 14.7 Å². The Balaban J connectivity index is 1.61. The average molecular weight is 498 g/mol. The van der Waals surface area contributed by atoms with Crippen molar-refractivity contribution in [3.05, 3.63) is 144 Å². The van der Waals surface area contributed by atoms with E-state index in [1.165, 1.54) is 11.8 Å². The van der Waals surface area contributed by atoms with Gasteiger partial charge >= 0.3 is 12.1 Å². The zero-order valence-electron chi connectivity index (χ0n) is 19.6. The van der Waals surface area contributed by atoms with Gasteiger partial charge in [-0.1, -0.05) is 121 Å². The van der Waals surface area contributed by atoms with Crippen LogP contribution < -0.4 is 5.32 Å². The quantitative estimate of drug-likeness (QED) is 0.259. The first-order chi connectivity index (χ1) is 17.6. The Morgan fingerprint density at radius 1 is 0.722 bits per heavy atom. The van der Waals surface area contributed by atoms with Gasteiger partial charge in [-0.15, -0.1) is 11.8 Å². The first-order valence-electron chi connectivity index (χ1n) is 11.6. The Bertz CT molecular complexity index is 1150. The number of aliphatic carboxylic acids is 1. The van der Waals surface area contributed by atoms with Crippen LogP contribution in [0.3, 0.4) is 0 Å². The number of hydrogen-bond acceptors (Lipinski definition) is 4. The van der Waals surface area contributed by atoms with Crippen LogP contribution in [0.5, 0.6) is 0 Å². The zero-order valence-corrected chi connectivity index (χ0v) is 20.4. The number of hydrogen-bond donors (Lipinski definition) is 2. The second-order valence-electron chi connectivity index (χ2n) is 8.19. The Morgan fingerprint density at radius 3 is 1.56 bits per heavy atom. The van der Waals surface area contributed by atoms with Crippen molar-refractivity contribution in [2.75, 3.05) is 5.75 Å². The number of carboxylic acid groups (broad SMARTS) is 1. The monoisotopic (exact) mass is 497 g/mol. The van der Waals surface area contributed by atoms with Crippen molar-refractivity contribution in [2.45, 2.75) is 17.4 Å². The van der Waals surface area contributed by atoms with Gasteiger partial charge in [-0.25, -0.2) is 9.59 Å². The maximum Gasteiger partial charge on any atom is 0.408 e. The molecule has 0 spiro atoms. The van der Waals surface area contributed by atoms with Gasteiger partial charge in [-0.3, -0.25) is 0 Å². The molecule has 4 rings (SSSR count). The lowest BCUT2D eigenvalue weighted by Crippen LogP contribution is -2.44. The third-order valence-electron chi connectivity index (χ3n) is 5.81. The summed E-state index contributed by atoms with van der Waals surface area (Å²) in [7, 11) is 0. The molecule has 0 saturated heterocycles. The predicted molar refractivity (Wildman–Crippen MR) is 143 cm³/mol. The Labute approximate surface area is 215 Å². The molecule has 2 N–H and O–H groups in total. The topological polar surface area (TPSA) is 75.6 Å². The minimum Gasteiger partial charge on any atom is -0.480 e. The van der Waals surface area contributed by atoms with E-state index >= 15 is 0 Å². The number of benzene rings is 4. The summed E-state index contributed by atoms with van der Waals surface area (Å²) in [5.41, 5.74) is 3.87. The second kappa shape index (κ2) is 12.1. The fourth-order valence-corrected chi connectivity index (χ4v) is 5.61. The summed E-state index contributed by atoms with van der Waals surface area (Å²) in [6.07, 6.45) is -0.767. The molecule has 36 heavy (non-hydrogen) atoms. The fraction of sp³-hybridized carbons (Fsp3) is 0.133. The van der Waals surface area contributed by atoms with Crippen LogP contribution in [-0.2, 0) is 20.9 Å². The molecule has 0 unspecified atom stereocenters. The minimum atomic E-state index is -1.14. The van der Waals surface area contributed by atoms with E-state index in [-0.39, 0.29) is 12.4 Å². The number of carbonyl (C=O) groups excluding carboxylic acids is 1. The van der Waals surface area contributed by atoms with Crippen molar-refractivity contribution in [1.29, 1.82) is 0 Å². The number of ether oxygens (including phenoxy) is 1. The Morgan fingerprint density at radius 2 is 1.14 bits per heavy atom. The highest BCUT2D eigenvalue weighted by Crippen LogP contribution is 2.48. The smallest absolute Gasteiger partial charge is 0.408 e. The van der Waals surface area contributed by atoms with Crippen molar-refractivity contribution in [2.24, 2.45) is 0 Å². The van der Waals surface area contributed by atoms with Crippen molar-refractivity contribution < 1.29 is 19.4 Å². The largest absolute Gasteiger partial charge is 0.480 e. The molecule has 0 aliphatic rings. The molecule has 5 nitrogen and oxygen atoms in total. The third-order valence-corrected chi connectivity index (χ3v) is 7.45. The van der Waals surface area contributed by atoms with E-state index in [1.807, 2.05) is 121 Å². The molecule has 0 aliphatic heterocycles. The Hall–Kier alpha value is -4.03. The number of amides is 1. The molecule has 4 aromatic rings. The van der Waals surface area contributed by atoms with Crippen LogP contribution in [0.2, 0.25) is 0 Å². The first kappa shape index (κ1) is 25.1. The van der Waals surface area contributed by atoms with Gasteiger partial charge in [-0.05, 0) is 22.3 Å². The van der Waals surface area contributed by atoms with Crippen molar-refractivity contribution >= 4 is 23.8 Å². The SMILES string of the molecule is O=C(N[C@H](CSC(c1ccccc1)(c1ccccc1)c1ccccc1)C(=O)O)OCc1ccccc1. The number of nitrogens with one attached hydrogen (secondary N) is 1. The van der Waals surface area contributed by atoms with E-state index in [1.54, 1.807) is 0 Å². The van der Waals surface area contributed by atoms with Gasteiger partial charge in [0.2, 0.25) is 0 Å². The maximum atomic E-state index is 12.5. The van der Waals surface area contributed by atoms with Crippen LogP contribution >= 0.6 is 11.8 Å². The maximum absolute atomic E-state index is 12.5. The Kier molecular flexibility index (Phi) is 8.42. The van der Waals surface area contributed by atoms with E-state index in [4.69, 9.17) is 4.74 Å². The van der Waals surface area contributed by atoms with Gasteiger partial charge in [0.25, 0.3) is 0 Å². The molecule has 4 aromatic carbocycles. The molecule has 1 amide bonds. The summed E-state index contributed by atoms with van der Waals surface area (Å²) in [6, 6.07) is 38.1. The summed E-state index contributed by atoms with van der Waals surface area (Å²) in [4.78, 5) is 24.6. The second-order valence-corrected chi connectivity index (χ2v) is 9.42. The molecule has 182 valence electrons. The molecule has 0 bridgehead atoms. The van der Waals surface area contributed by atoms with Gasteiger partial charge in [-0.2, -0.15) is 0 Å². The van der Waals surface area contributed by atoms with E-state index in [0.717, 1.165) is 22.3 Å². The summed E-state index contributed by atoms with van der Waals surface area (Å²) in [5.74, 6) is -1.00. The molecule has 0 aromatic heterocycles. The molecule has 6 heteroatoms. The van der Waals surface area contributed by atoms with Crippen LogP contribution in [0, 0.1) is 0 Å². The predicted octanol–water partition coefficient (Wildman–Crippen LogP) is 6.09. The van der Waals surface area contributed by atoms with Gasteiger partial charge in [0, 0.05) is 5.75 Å². The summed E-state index contributed by atoms with van der Waals surface area (Å²) < 4.78 is 4.58. The number of carbonyl (C=O) groups is 2. The highest BCUT2D eigenvalue weighted by Gasteiger charge is 2.38. The normalized spacial score (nSPS) is 11.9. The molecular weight excluding hydrogens is 470 g/mol. The van der Waals surface area contributed by atoms with Crippen molar-refractivity contribution in [3.63, 3.8) is 0 Å². The molecule has 0 aliphatic carbocycles. The fourth-order valence-electron chi connectivity index (χ4n) is 4.06. The van der Waals surface area contributed by atoms with Crippen LogP contribution in [0.1, 0.15) is 22.3 Å². The zero-order chi connectivity index (χ0) is 25.2. The van der Waals surface area contributed by atoms with Gasteiger partial charge in [0.05, 0.1) is 4.75 Å². The molecule has 0 heterocycles. The first-order valence-corrected chi connectivity index (χ1v) is 12.6. The standard InChI is InChI=1S/C30H27NO4S/c32-28(33)27(31-29(34)35-21-23-13-5-1-6-14-23)22-36-30(24-15-7-2-8-16-24,25-17-9-3-10-18-25)26-19-11-4-12-20-26/h1-20,27H,21-22H2,(H,31,34)(H,32,33)/t27-/m1/s1. The van der Waals surface area contributed by atoms with E-state index in [2.05, 4.69) is 5.32 Å². The number of rotatable bonds is 10. The number of carboxylic acids is 1. The lowest BCUT2D eigenvalue weighted by molar-refractivity contribution is -0.138. The summed E-state index contributed by atoms with van der Waals surface area (Å²) in [6.45, 7) is 0.0636. The highest BCUT2D eigenvalue weighted by molar-refractivity contribution is 8.00. The van der Waals surface area contributed by atoms with Crippen LogP contribution in [-0.4, -0.2) is 29.0 Å². The average Bonchev–Trinajstić information content (AvgIpc) is 2.94. The van der Waals surface area contributed by atoms with E-state index in [0.29, 0.717) is 0 Å². The van der Waals surface area contributed by atoms with Gasteiger partial charge < -0.3 is 15.2 Å². The lowest BCUT2D eigenvalue weighted by atomic mass is 9.84. The molecule has 0 fully saturated rings. The molecule has 0 saturated carbocycles. The van der Waals surface area contributed by atoms with Crippen LogP contribution in [0.15, 0.2) is 121 Å². The molecule has 0 radical (unpaired) electrons. The summed E-state index contributed by atoms with van der Waals surface area (Å²) >= 11 is 1.47. The highest BCUT2D eigenvalue weighted by atomic mass is 32.2. The summed E-state index contributed by atoms with van der Waals surface area (Å²) in [5, 5.41) is 12.5. The molecular formula is C30H27NO4S. The van der Waals surface area contributed by atoms with Crippen LogP contribution in [0.4, 0.5) is 4.79 Å². The third kappa shape index (κ3) is 5.96. The lowest BCUT2D eigenvalue weighted by Gasteiger charge is -2.36. The van der Waals surface area contributed by atoms with Crippen molar-refractivity contribution in [1.82, 2.24) is 5.32 Å².